The van der Waals surface area contributed by atoms with Crippen molar-refractivity contribution in [3.8, 4) is 0 Å². The fourth-order valence-electron chi connectivity index (χ4n) is 4.15. The Morgan fingerprint density at radius 3 is 2.32 bits per heavy atom. The second-order valence-corrected chi connectivity index (χ2v) is 9.13. The highest BCUT2D eigenvalue weighted by Crippen LogP contribution is 2.32. The summed E-state index contributed by atoms with van der Waals surface area (Å²) in [4.78, 5) is 28.0. The van der Waals surface area contributed by atoms with Crippen LogP contribution in [-0.2, 0) is 16.1 Å². The third kappa shape index (κ3) is 5.94. The predicted octanol–water partition coefficient (Wildman–Crippen LogP) is 6.00. The van der Waals surface area contributed by atoms with Gasteiger partial charge in [0.2, 0.25) is 11.8 Å². The standard InChI is InChI=1S/C24H27Cl3N2O2/c1-16-8-2-7-13-21(16)28-24(31)23(18-10-4-6-12-20(18)27)29(22(30)14-25)15-17-9-3-5-11-19(17)26/h3-6,9-12,16,21,23H,2,7-8,13-15H2,1H3,(H,28,31)/t16-,21+,23-/m1/s1. The molecule has 1 N–H and O–H groups in total. The summed E-state index contributed by atoms with van der Waals surface area (Å²) >= 11 is 18.8. The van der Waals surface area contributed by atoms with Crippen molar-refractivity contribution in [2.24, 2.45) is 5.92 Å². The molecule has 0 bridgehead atoms. The molecule has 1 fully saturated rings. The maximum atomic E-state index is 13.6. The number of alkyl halides is 1. The molecular weight excluding hydrogens is 455 g/mol. The number of nitrogens with one attached hydrogen (secondary N) is 1. The van der Waals surface area contributed by atoms with Crippen molar-refractivity contribution in [1.29, 1.82) is 0 Å². The number of rotatable bonds is 7. The van der Waals surface area contributed by atoms with Crippen LogP contribution in [0.15, 0.2) is 48.5 Å². The Balaban J connectivity index is 1.99. The van der Waals surface area contributed by atoms with Crippen LogP contribution in [-0.4, -0.2) is 28.6 Å². The summed E-state index contributed by atoms with van der Waals surface area (Å²) in [7, 11) is 0. The summed E-state index contributed by atoms with van der Waals surface area (Å²) in [6.07, 6.45) is 4.25. The number of amides is 2. The molecule has 4 nitrogen and oxygen atoms in total. The molecule has 0 heterocycles. The smallest absolute Gasteiger partial charge is 0.247 e. The predicted molar refractivity (Wildman–Crippen MR) is 126 cm³/mol. The van der Waals surface area contributed by atoms with Gasteiger partial charge in [-0.2, -0.15) is 0 Å². The summed E-state index contributed by atoms with van der Waals surface area (Å²) in [5, 5.41) is 4.13. The van der Waals surface area contributed by atoms with Gasteiger partial charge < -0.3 is 10.2 Å². The SMILES string of the molecule is C[C@@H]1CCCC[C@@H]1NC(=O)[C@@H](c1ccccc1Cl)N(Cc1ccccc1Cl)C(=O)CCl. The van der Waals surface area contributed by atoms with Crippen LogP contribution >= 0.6 is 34.8 Å². The van der Waals surface area contributed by atoms with Gasteiger partial charge in [0.25, 0.3) is 0 Å². The Morgan fingerprint density at radius 1 is 1.03 bits per heavy atom. The van der Waals surface area contributed by atoms with Crippen molar-refractivity contribution in [3.63, 3.8) is 0 Å². The van der Waals surface area contributed by atoms with Gasteiger partial charge >= 0.3 is 0 Å². The van der Waals surface area contributed by atoms with E-state index >= 15 is 0 Å². The topological polar surface area (TPSA) is 49.4 Å². The minimum absolute atomic E-state index is 0.0690. The Hall–Kier alpha value is -1.75. The molecule has 0 spiro atoms. The molecule has 0 aromatic heterocycles. The molecule has 3 atom stereocenters. The Kier molecular flexibility index (Phi) is 8.65. The molecule has 31 heavy (non-hydrogen) atoms. The highest BCUT2D eigenvalue weighted by atomic mass is 35.5. The van der Waals surface area contributed by atoms with Crippen LogP contribution in [0.3, 0.4) is 0 Å². The van der Waals surface area contributed by atoms with Crippen LogP contribution < -0.4 is 5.32 Å². The van der Waals surface area contributed by atoms with Crippen molar-refractivity contribution in [3.05, 3.63) is 69.7 Å². The second kappa shape index (κ2) is 11.2. The van der Waals surface area contributed by atoms with E-state index in [1.807, 2.05) is 24.3 Å². The van der Waals surface area contributed by atoms with E-state index in [0.29, 0.717) is 21.5 Å². The van der Waals surface area contributed by atoms with Crippen molar-refractivity contribution in [1.82, 2.24) is 10.2 Å². The van der Waals surface area contributed by atoms with Crippen LogP contribution in [0.5, 0.6) is 0 Å². The highest BCUT2D eigenvalue weighted by Gasteiger charge is 2.35. The lowest BCUT2D eigenvalue weighted by atomic mass is 9.85. The van der Waals surface area contributed by atoms with E-state index in [9.17, 15) is 9.59 Å². The zero-order valence-corrected chi connectivity index (χ0v) is 19.8. The van der Waals surface area contributed by atoms with Crippen molar-refractivity contribution in [2.45, 2.75) is 51.2 Å². The molecule has 1 aliphatic rings. The lowest BCUT2D eigenvalue weighted by Crippen LogP contribution is -2.49. The number of hydrogen-bond acceptors (Lipinski definition) is 2. The molecule has 2 aromatic carbocycles. The van der Waals surface area contributed by atoms with E-state index in [1.54, 1.807) is 24.3 Å². The van der Waals surface area contributed by atoms with E-state index < -0.39 is 6.04 Å². The first-order valence-corrected chi connectivity index (χ1v) is 11.8. The third-order valence-electron chi connectivity index (χ3n) is 5.93. The molecule has 0 unspecified atom stereocenters. The normalized spacial score (nSPS) is 19.5. The monoisotopic (exact) mass is 480 g/mol. The van der Waals surface area contributed by atoms with Crippen LogP contribution in [0.25, 0.3) is 0 Å². The van der Waals surface area contributed by atoms with Crippen molar-refractivity contribution >= 4 is 46.6 Å². The summed E-state index contributed by atoms with van der Waals surface area (Å²) in [5.41, 5.74) is 1.30. The van der Waals surface area contributed by atoms with Crippen molar-refractivity contribution < 1.29 is 9.59 Å². The van der Waals surface area contributed by atoms with Crippen molar-refractivity contribution in [2.75, 3.05) is 5.88 Å². The van der Waals surface area contributed by atoms with Crippen LogP contribution in [0.1, 0.15) is 49.8 Å². The number of hydrogen-bond donors (Lipinski definition) is 1. The highest BCUT2D eigenvalue weighted by molar-refractivity contribution is 6.32. The largest absolute Gasteiger partial charge is 0.351 e. The molecule has 7 heteroatoms. The van der Waals surface area contributed by atoms with E-state index in [2.05, 4.69) is 12.2 Å². The van der Waals surface area contributed by atoms with Gasteiger partial charge in [-0.15, -0.1) is 11.6 Å². The van der Waals surface area contributed by atoms with E-state index in [4.69, 9.17) is 34.8 Å². The second-order valence-electron chi connectivity index (χ2n) is 8.05. The number of carbonyl (C=O) groups excluding carboxylic acids is 2. The van der Waals surface area contributed by atoms with E-state index in [0.717, 1.165) is 24.8 Å². The average molecular weight is 482 g/mol. The minimum atomic E-state index is -0.912. The third-order valence-corrected chi connectivity index (χ3v) is 6.87. The Labute approximate surface area is 198 Å². The number of halogens is 3. The zero-order chi connectivity index (χ0) is 22.4. The summed E-state index contributed by atoms with van der Waals surface area (Å²) in [5.74, 6) is -0.487. The van der Waals surface area contributed by atoms with Gasteiger partial charge in [0, 0.05) is 28.2 Å². The van der Waals surface area contributed by atoms with Crippen LogP contribution in [0.2, 0.25) is 10.0 Å². The first-order valence-electron chi connectivity index (χ1n) is 10.6. The molecule has 1 aliphatic carbocycles. The maximum absolute atomic E-state index is 13.6. The molecule has 0 saturated heterocycles. The minimum Gasteiger partial charge on any atom is -0.351 e. The number of carbonyl (C=O) groups is 2. The van der Waals surface area contributed by atoms with Gasteiger partial charge in [-0.3, -0.25) is 9.59 Å². The molecule has 0 radical (unpaired) electrons. The maximum Gasteiger partial charge on any atom is 0.247 e. The van der Waals surface area contributed by atoms with Gasteiger partial charge in [0.05, 0.1) is 0 Å². The summed E-state index contributed by atoms with van der Waals surface area (Å²) in [6, 6.07) is 13.5. The molecule has 2 amide bonds. The van der Waals surface area contributed by atoms with Gasteiger partial charge in [-0.05, 0) is 36.5 Å². The Morgan fingerprint density at radius 2 is 1.68 bits per heavy atom. The van der Waals surface area contributed by atoms with Gasteiger partial charge in [0.1, 0.15) is 11.9 Å². The Bertz CT molecular complexity index is 921. The number of benzene rings is 2. The van der Waals surface area contributed by atoms with Crippen LogP contribution in [0.4, 0.5) is 0 Å². The van der Waals surface area contributed by atoms with E-state index in [-0.39, 0.29) is 30.3 Å². The average Bonchev–Trinajstić information content (AvgIpc) is 2.77. The summed E-state index contributed by atoms with van der Waals surface area (Å²) in [6.45, 7) is 2.30. The summed E-state index contributed by atoms with van der Waals surface area (Å²) < 4.78 is 0. The van der Waals surface area contributed by atoms with Crippen LogP contribution in [0, 0.1) is 5.92 Å². The fourth-order valence-corrected chi connectivity index (χ4v) is 4.74. The molecular formula is C24H27Cl3N2O2. The molecule has 3 rings (SSSR count). The molecule has 166 valence electrons. The molecule has 2 aromatic rings. The van der Waals surface area contributed by atoms with Gasteiger partial charge in [-0.25, -0.2) is 0 Å². The fraction of sp³-hybridized carbons (Fsp3) is 0.417. The van der Waals surface area contributed by atoms with Gasteiger partial charge in [0.15, 0.2) is 0 Å². The van der Waals surface area contributed by atoms with Gasteiger partial charge in [-0.1, -0.05) is 79.4 Å². The zero-order valence-electron chi connectivity index (χ0n) is 17.5. The first-order chi connectivity index (χ1) is 14.9. The quantitative estimate of drug-likeness (QED) is 0.493. The number of nitrogens with zero attached hydrogens (tertiary/aromatic N) is 1. The first kappa shape index (κ1) is 23.9. The van der Waals surface area contributed by atoms with E-state index in [1.165, 1.54) is 11.3 Å². The lowest BCUT2D eigenvalue weighted by Gasteiger charge is -2.35. The molecule has 1 saturated carbocycles. The lowest BCUT2D eigenvalue weighted by molar-refractivity contribution is -0.140. The molecule has 0 aliphatic heterocycles.